The maximum atomic E-state index is 14.0. The van der Waals surface area contributed by atoms with Crippen LogP contribution in [0.2, 0.25) is 5.02 Å². The molecule has 3 rings (SSSR count). The van der Waals surface area contributed by atoms with Crippen LogP contribution in [-0.4, -0.2) is 19.0 Å². The minimum absolute atomic E-state index is 0.0834. The van der Waals surface area contributed by atoms with Gasteiger partial charge in [-0.2, -0.15) is 0 Å². The first-order chi connectivity index (χ1) is 15.3. The molecule has 0 spiro atoms. The van der Waals surface area contributed by atoms with Crippen molar-refractivity contribution < 1.29 is 32.3 Å². The Labute approximate surface area is 185 Å². The van der Waals surface area contributed by atoms with Crippen LogP contribution in [0.5, 0.6) is 5.75 Å². The highest BCUT2D eigenvalue weighted by atomic mass is 35.5. The average molecular weight is 464 g/mol. The first-order valence-electron chi connectivity index (χ1n) is 9.15. The summed E-state index contributed by atoms with van der Waals surface area (Å²) in [7, 11) is 1.09. The van der Waals surface area contributed by atoms with E-state index in [9.17, 15) is 23.2 Å². The first kappa shape index (κ1) is 23.0. The van der Waals surface area contributed by atoms with Gasteiger partial charge in [-0.25, -0.2) is 13.6 Å². The van der Waals surface area contributed by atoms with Crippen molar-refractivity contribution in [3.63, 3.8) is 0 Å². The summed E-state index contributed by atoms with van der Waals surface area (Å²) in [5, 5.41) is 1.60. The van der Waals surface area contributed by atoms with E-state index in [4.69, 9.17) is 20.8 Å². The van der Waals surface area contributed by atoms with Crippen LogP contribution in [0.3, 0.4) is 0 Å². The van der Waals surface area contributed by atoms with E-state index in [2.05, 4.69) is 10.1 Å². The molecule has 0 saturated heterocycles. The van der Waals surface area contributed by atoms with Crippen molar-refractivity contribution in [3.8, 4) is 5.75 Å². The van der Waals surface area contributed by atoms with Crippen molar-refractivity contribution in [2.75, 3.05) is 7.11 Å². The van der Waals surface area contributed by atoms with E-state index in [1.807, 2.05) is 0 Å². The zero-order valence-corrected chi connectivity index (χ0v) is 17.4. The smallest absolute Gasteiger partial charge is 0.378 e. The van der Waals surface area contributed by atoms with E-state index >= 15 is 0 Å². The van der Waals surface area contributed by atoms with Gasteiger partial charge in [0.25, 0.3) is 11.7 Å². The van der Waals surface area contributed by atoms with E-state index in [1.54, 1.807) is 30.3 Å². The fraction of sp³-hybridized carbons (Fsp3) is 0.136. The molecule has 1 N–H and O–H groups in total. The van der Waals surface area contributed by atoms with Gasteiger partial charge in [0, 0.05) is 12.1 Å². The summed E-state index contributed by atoms with van der Waals surface area (Å²) in [6, 6.07) is 10.8. The third-order valence-electron chi connectivity index (χ3n) is 4.35. The summed E-state index contributed by atoms with van der Waals surface area (Å²) in [6.07, 6.45) is 0.771. The molecule has 0 bridgehead atoms. The van der Waals surface area contributed by atoms with Gasteiger partial charge in [0.05, 0.1) is 7.11 Å². The zero-order chi connectivity index (χ0) is 23.3. The Bertz CT molecular complexity index is 1210. The lowest BCUT2D eigenvalue weighted by Crippen LogP contribution is -2.30. The van der Waals surface area contributed by atoms with Crippen LogP contribution in [0, 0.1) is 11.6 Å². The molecular formula is C22H16ClF2NO6. The van der Waals surface area contributed by atoms with Gasteiger partial charge >= 0.3 is 5.97 Å². The number of rotatable bonds is 7. The molecule has 32 heavy (non-hydrogen) atoms. The fourth-order valence-electron chi connectivity index (χ4n) is 2.67. The van der Waals surface area contributed by atoms with Gasteiger partial charge in [-0.3, -0.25) is 9.59 Å². The number of carbonyl (C=O) groups is 2. The Balaban J connectivity index is 1.86. The van der Waals surface area contributed by atoms with Gasteiger partial charge in [0.1, 0.15) is 35.1 Å². The Morgan fingerprint density at radius 1 is 1.12 bits per heavy atom. The molecule has 10 heteroatoms. The predicted octanol–water partition coefficient (Wildman–Crippen LogP) is 3.87. The van der Waals surface area contributed by atoms with E-state index in [0.717, 1.165) is 25.5 Å². The molecule has 0 atom stereocenters. The summed E-state index contributed by atoms with van der Waals surface area (Å²) >= 11 is 5.52. The summed E-state index contributed by atoms with van der Waals surface area (Å²) in [5.41, 5.74) is -0.820. The largest absolute Gasteiger partial charge is 0.481 e. The summed E-state index contributed by atoms with van der Waals surface area (Å²) < 4.78 is 42.5. The minimum Gasteiger partial charge on any atom is -0.481 e. The molecule has 0 aliphatic rings. The molecule has 0 aliphatic carbocycles. The van der Waals surface area contributed by atoms with Crippen LogP contribution in [0.25, 0.3) is 0 Å². The molecule has 1 aromatic heterocycles. The minimum atomic E-state index is -1.04. The van der Waals surface area contributed by atoms with E-state index in [-0.39, 0.29) is 18.7 Å². The number of hydrogen-bond donors (Lipinski definition) is 1. The molecule has 1 heterocycles. The number of carbonyl (C=O) groups excluding carboxylic acids is 2. The Morgan fingerprint density at radius 2 is 1.84 bits per heavy atom. The predicted molar refractivity (Wildman–Crippen MR) is 110 cm³/mol. The highest BCUT2D eigenvalue weighted by Crippen LogP contribution is 2.22. The third kappa shape index (κ3) is 4.94. The summed E-state index contributed by atoms with van der Waals surface area (Å²) in [6.45, 7) is -0.469. The van der Waals surface area contributed by atoms with Crippen LogP contribution in [0.15, 0.2) is 57.9 Å². The molecule has 0 unspecified atom stereocenters. The van der Waals surface area contributed by atoms with Crippen LogP contribution in [0.4, 0.5) is 8.78 Å². The van der Waals surface area contributed by atoms with Crippen molar-refractivity contribution in [1.29, 1.82) is 0 Å². The second kappa shape index (κ2) is 10.1. The van der Waals surface area contributed by atoms with Crippen molar-refractivity contribution in [2.24, 2.45) is 0 Å². The fourth-order valence-corrected chi connectivity index (χ4v) is 2.86. The SMILES string of the molecule is COC(=O)c1occ(C(=O)NCc2ccc(F)c(Cl)c2F)c(=O)c1OCc1ccccc1. The molecule has 0 saturated carbocycles. The molecule has 0 aliphatic heterocycles. The number of halogens is 3. The Hall–Kier alpha value is -3.72. The van der Waals surface area contributed by atoms with Gasteiger partial charge in [-0.05, 0) is 11.6 Å². The van der Waals surface area contributed by atoms with E-state index in [0.29, 0.717) is 5.56 Å². The van der Waals surface area contributed by atoms with Crippen molar-refractivity contribution in [3.05, 3.63) is 98.1 Å². The standard InChI is InChI=1S/C22H16ClF2NO6/c1-30-22(29)20-19(31-10-12-5-3-2-4-6-12)18(27)14(11-32-20)21(28)26-9-13-7-8-15(24)16(23)17(13)25/h2-8,11H,9-10H2,1H3,(H,26,28). The lowest BCUT2D eigenvalue weighted by molar-refractivity contribution is 0.0551. The highest BCUT2D eigenvalue weighted by Gasteiger charge is 2.25. The monoisotopic (exact) mass is 463 g/mol. The molecule has 3 aromatic rings. The lowest BCUT2D eigenvalue weighted by atomic mass is 10.2. The van der Waals surface area contributed by atoms with Crippen LogP contribution in [-0.2, 0) is 17.9 Å². The number of benzene rings is 2. The number of methoxy groups -OCH3 is 1. The van der Waals surface area contributed by atoms with Crippen molar-refractivity contribution >= 4 is 23.5 Å². The summed E-state index contributed by atoms with van der Waals surface area (Å²) in [4.78, 5) is 37.3. The molecule has 1 amide bonds. The zero-order valence-electron chi connectivity index (χ0n) is 16.6. The van der Waals surface area contributed by atoms with E-state index < -0.39 is 51.0 Å². The average Bonchev–Trinajstić information content (AvgIpc) is 2.81. The van der Waals surface area contributed by atoms with Gasteiger partial charge < -0.3 is 19.2 Å². The molecular weight excluding hydrogens is 448 g/mol. The maximum Gasteiger partial charge on any atom is 0.378 e. The van der Waals surface area contributed by atoms with Crippen LogP contribution >= 0.6 is 11.6 Å². The number of ether oxygens (including phenoxy) is 2. The molecule has 166 valence electrons. The quantitative estimate of drug-likeness (QED) is 0.422. The third-order valence-corrected chi connectivity index (χ3v) is 4.69. The summed E-state index contributed by atoms with van der Waals surface area (Å²) in [5.74, 6) is -4.91. The van der Waals surface area contributed by atoms with Crippen molar-refractivity contribution in [1.82, 2.24) is 5.32 Å². The van der Waals surface area contributed by atoms with E-state index in [1.165, 1.54) is 0 Å². The number of nitrogens with one attached hydrogen (secondary N) is 1. The second-order valence-corrected chi connectivity index (χ2v) is 6.80. The van der Waals surface area contributed by atoms with Gasteiger partial charge in [0.15, 0.2) is 0 Å². The Kier molecular flexibility index (Phi) is 7.21. The van der Waals surface area contributed by atoms with Gasteiger partial charge in [0.2, 0.25) is 11.2 Å². The molecule has 0 radical (unpaired) electrons. The topological polar surface area (TPSA) is 94.8 Å². The van der Waals surface area contributed by atoms with Crippen LogP contribution < -0.4 is 15.5 Å². The Morgan fingerprint density at radius 3 is 2.53 bits per heavy atom. The van der Waals surface area contributed by atoms with Crippen molar-refractivity contribution in [2.45, 2.75) is 13.2 Å². The molecule has 0 fully saturated rings. The maximum absolute atomic E-state index is 14.0. The molecule has 7 nitrogen and oxygen atoms in total. The van der Waals surface area contributed by atoms with Crippen LogP contribution in [0.1, 0.15) is 32.0 Å². The number of hydrogen-bond acceptors (Lipinski definition) is 6. The number of esters is 1. The highest BCUT2D eigenvalue weighted by molar-refractivity contribution is 6.30. The number of amides is 1. The first-order valence-corrected chi connectivity index (χ1v) is 9.52. The van der Waals surface area contributed by atoms with Gasteiger partial charge in [-0.15, -0.1) is 0 Å². The normalized spacial score (nSPS) is 10.5. The lowest BCUT2D eigenvalue weighted by Gasteiger charge is -2.11. The second-order valence-electron chi connectivity index (χ2n) is 6.42. The van der Waals surface area contributed by atoms with Gasteiger partial charge in [-0.1, -0.05) is 48.0 Å². The molecule has 2 aromatic carbocycles.